The Kier molecular flexibility index (Phi) is 6.40. The van der Waals surface area contributed by atoms with Gasteiger partial charge < -0.3 is 4.90 Å². The fraction of sp³-hybridized carbons (Fsp3) is 0. The van der Waals surface area contributed by atoms with E-state index in [4.69, 9.17) is 0 Å². The molecule has 0 atom stereocenters. The molecule has 0 bridgehead atoms. The predicted octanol–water partition coefficient (Wildman–Crippen LogP) is 13.2. The molecule has 9 aromatic rings. The lowest BCUT2D eigenvalue weighted by atomic mass is 9.90. The average Bonchev–Trinajstić information content (AvgIpc) is 3.50. The van der Waals surface area contributed by atoms with Crippen molar-refractivity contribution < 1.29 is 0 Å². The van der Waals surface area contributed by atoms with Gasteiger partial charge in [0, 0.05) is 37.2 Å². The second kappa shape index (κ2) is 11.0. The molecule has 0 aliphatic heterocycles. The van der Waals surface area contributed by atoms with Crippen LogP contribution in [0.3, 0.4) is 0 Å². The third-order valence-corrected chi connectivity index (χ3v) is 10.1. The molecule has 0 aliphatic carbocycles. The van der Waals surface area contributed by atoms with Gasteiger partial charge in [-0.05, 0) is 111 Å². The highest BCUT2D eigenvalue weighted by Crippen LogP contribution is 2.42. The number of hydrogen-bond donors (Lipinski definition) is 0. The number of fused-ring (bicyclic) bond motifs is 5. The molecule has 0 aliphatic rings. The quantitative estimate of drug-likeness (QED) is 0.189. The molecule has 1 aromatic heterocycles. The molecule has 0 radical (unpaired) electrons. The molecule has 9 rings (SSSR count). The Morgan fingerprint density at radius 3 is 1.70 bits per heavy atom. The lowest BCUT2D eigenvalue weighted by molar-refractivity contribution is 1.30. The first kappa shape index (κ1) is 26.7. The van der Waals surface area contributed by atoms with E-state index in [2.05, 4.69) is 181 Å². The van der Waals surface area contributed by atoms with E-state index in [-0.39, 0.29) is 0 Å². The van der Waals surface area contributed by atoms with E-state index in [1.165, 1.54) is 64.0 Å². The molecule has 0 saturated heterocycles. The van der Waals surface area contributed by atoms with Gasteiger partial charge in [0.05, 0.1) is 0 Å². The molecular weight excluding hydrogens is 575 g/mol. The van der Waals surface area contributed by atoms with Gasteiger partial charge in [-0.2, -0.15) is 0 Å². The largest absolute Gasteiger partial charge is 0.310 e. The zero-order valence-corrected chi connectivity index (χ0v) is 25.9. The SMILES string of the molecule is c1ccc(-c2cc3ccccc3cc2-c2ccc3cc(N(c4ccccc4)c4ccc5sc6ccccc6c5c4)ccc3c2)cc1. The lowest BCUT2D eigenvalue weighted by Gasteiger charge is -2.26. The van der Waals surface area contributed by atoms with Crippen LogP contribution >= 0.6 is 11.3 Å². The monoisotopic (exact) mass is 603 g/mol. The maximum atomic E-state index is 2.37. The Balaban J connectivity index is 1.18. The molecule has 1 heterocycles. The summed E-state index contributed by atoms with van der Waals surface area (Å²) in [6.07, 6.45) is 0. The van der Waals surface area contributed by atoms with E-state index in [1.54, 1.807) is 0 Å². The predicted molar refractivity (Wildman–Crippen MR) is 200 cm³/mol. The lowest BCUT2D eigenvalue weighted by Crippen LogP contribution is -2.09. The van der Waals surface area contributed by atoms with Crippen LogP contribution in [0.5, 0.6) is 0 Å². The van der Waals surface area contributed by atoms with Crippen molar-refractivity contribution in [1.82, 2.24) is 0 Å². The maximum Gasteiger partial charge on any atom is 0.0468 e. The van der Waals surface area contributed by atoms with Crippen LogP contribution in [0.25, 0.3) is 64.0 Å². The van der Waals surface area contributed by atoms with E-state index >= 15 is 0 Å². The Labute approximate surface area is 272 Å². The van der Waals surface area contributed by atoms with E-state index in [1.807, 2.05) is 11.3 Å². The van der Waals surface area contributed by atoms with Crippen molar-refractivity contribution in [3.05, 3.63) is 176 Å². The van der Waals surface area contributed by atoms with Crippen molar-refractivity contribution in [2.45, 2.75) is 0 Å². The van der Waals surface area contributed by atoms with Gasteiger partial charge in [-0.15, -0.1) is 11.3 Å². The van der Waals surface area contributed by atoms with Crippen molar-refractivity contribution in [2.24, 2.45) is 0 Å². The summed E-state index contributed by atoms with van der Waals surface area (Å²) in [4.78, 5) is 2.37. The van der Waals surface area contributed by atoms with Crippen LogP contribution in [-0.2, 0) is 0 Å². The molecule has 0 spiro atoms. The molecular formula is C44H29NS. The van der Waals surface area contributed by atoms with Gasteiger partial charge in [0.15, 0.2) is 0 Å². The highest BCUT2D eigenvalue weighted by Gasteiger charge is 2.16. The highest BCUT2D eigenvalue weighted by molar-refractivity contribution is 7.25. The minimum Gasteiger partial charge on any atom is -0.310 e. The van der Waals surface area contributed by atoms with Gasteiger partial charge in [0.25, 0.3) is 0 Å². The summed E-state index contributed by atoms with van der Waals surface area (Å²) < 4.78 is 2.64. The summed E-state index contributed by atoms with van der Waals surface area (Å²) >= 11 is 1.86. The molecule has 2 heteroatoms. The first-order valence-corrected chi connectivity index (χ1v) is 16.5. The van der Waals surface area contributed by atoms with Crippen LogP contribution < -0.4 is 4.90 Å². The Bertz CT molecular complexity index is 2530. The van der Waals surface area contributed by atoms with E-state index in [0.29, 0.717) is 0 Å². The molecule has 216 valence electrons. The summed E-state index contributed by atoms with van der Waals surface area (Å²) in [5.41, 5.74) is 8.39. The Hall–Kier alpha value is -5.70. The third kappa shape index (κ3) is 4.63. The van der Waals surface area contributed by atoms with Crippen LogP contribution in [0.15, 0.2) is 176 Å². The zero-order chi connectivity index (χ0) is 30.5. The second-order valence-electron chi connectivity index (χ2n) is 11.8. The summed E-state index contributed by atoms with van der Waals surface area (Å²) in [6.45, 7) is 0. The third-order valence-electron chi connectivity index (χ3n) is 9.00. The summed E-state index contributed by atoms with van der Waals surface area (Å²) in [7, 11) is 0. The van der Waals surface area contributed by atoms with Crippen LogP contribution in [0.4, 0.5) is 17.1 Å². The smallest absolute Gasteiger partial charge is 0.0468 e. The number of rotatable bonds is 5. The first-order chi connectivity index (χ1) is 22.8. The number of hydrogen-bond acceptors (Lipinski definition) is 2. The standard InChI is InChI=1S/C44H29NS/c1-3-11-30(12-4-1)40-27-31-13-7-8-14-32(31)28-41(40)35-20-19-34-26-37(22-21-33(34)25-35)45(36-15-5-2-6-16-36)38-23-24-44-42(29-38)39-17-9-10-18-43(39)46-44/h1-29H. The molecule has 46 heavy (non-hydrogen) atoms. The number of nitrogens with zero attached hydrogens (tertiary/aromatic N) is 1. The van der Waals surface area contributed by atoms with Crippen molar-refractivity contribution in [1.29, 1.82) is 0 Å². The molecule has 0 unspecified atom stereocenters. The van der Waals surface area contributed by atoms with Crippen LogP contribution in [0, 0.1) is 0 Å². The van der Waals surface area contributed by atoms with Gasteiger partial charge in [-0.25, -0.2) is 0 Å². The molecule has 8 aromatic carbocycles. The topological polar surface area (TPSA) is 3.24 Å². The summed E-state index contributed by atoms with van der Waals surface area (Å²) in [5.74, 6) is 0. The van der Waals surface area contributed by atoms with Gasteiger partial charge in [0.2, 0.25) is 0 Å². The first-order valence-electron chi connectivity index (χ1n) is 15.7. The van der Waals surface area contributed by atoms with Crippen LogP contribution in [-0.4, -0.2) is 0 Å². The Morgan fingerprint density at radius 2 is 0.891 bits per heavy atom. The minimum absolute atomic E-state index is 1.14. The minimum atomic E-state index is 1.14. The molecule has 0 fully saturated rings. The zero-order valence-electron chi connectivity index (χ0n) is 25.1. The molecule has 0 amide bonds. The fourth-order valence-electron chi connectivity index (χ4n) is 6.75. The van der Waals surface area contributed by atoms with E-state index < -0.39 is 0 Å². The average molecular weight is 604 g/mol. The molecule has 0 N–H and O–H groups in total. The second-order valence-corrected chi connectivity index (χ2v) is 12.9. The van der Waals surface area contributed by atoms with Crippen molar-refractivity contribution in [2.75, 3.05) is 4.90 Å². The number of anilines is 3. The number of para-hydroxylation sites is 1. The van der Waals surface area contributed by atoms with E-state index in [0.717, 1.165) is 17.1 Å². The van der Waals surface area contributed by atoms with Crippen molar-refractivity contribution >= 4 is 70.1 Å². The van der Waals surface area contributed by atoms with Gasteiger partial charge in [-0.1, -0.05) is 109 Å². The van der Waals surface area contributed by atoms with Gasteiger partial charge in [0.1, 0.15) is 0 Å². The normalized spacial score (nSPS) is 11.5. The number of benzene rings is 8. The maximum absolute atomic E-state index is 2.37. The highest BCUT2D eigenvalue weighted by atomic mass is 32.1. The van der Waals surface area contributed by atoms with Gasteiger partial charge in [-0.3, -0.25) is 0 Å². The Morgan fingerprint density at radius 1 is 0.326 bits per heavy atom. The van der Waals surface area contributed by atoms with Crippen LogP contribution in [0.1, 0.15) is 0 Å². The van der Waals surface area contributed by atoms with Gasteiger partial charge >= 0.3 is 0 Å². The number of thiophene rings is 1. The summed E-state index contributed by atoms with van der Waals surface area (Å²) in [6, 6.07) is 64.0. The van der Waals surface area contributed by atoms with Crippen LogP contribution in [0.2, 0.25) is 0 Å². The van der Waals surface area contributed by atoms with Crippen molar-refractivity contribution in [3.8, 4) is 22.3 Å². The fourth-order valence-corrected chi connectivity index (χ4v) is 7.84. The van der Waals surface area contributed by atoms with E-state index in [9.17, 15) is 0 Å². The van der Waals surface area contributed by atoms with Crippen molar-refractivity contribution in [3.63, 3.8) is 0 Å². The summed E-state index contributed by atoms with van der Waals surface area (Å²) in [5, 5.41) is 7.56. The molecule has 0 saturated carbocycles. The molecule has 1 nitrogen and oxygen atoms in total.